The zero-order valence-electron chi connectivity index (χ0n) is 13.4. The highest BCUT2D eigenvalue weighted by atomic mass is 16.2. The summed E-state index contributed by atoms with van der Waals surface area (Å²) in [5.74, 6) is 1.10. The van der Waals surface area contributed by atoms with Crippen LogP contribution in [0.25, 0.3) is 0 Å². The average molecular weight is 281 g/mol. The molecule has 116 valence electrons. The van der Waals surface area contributed by atoms with E-state index in [2.05, 4.69) is 24.1 Å². The van der Waals surface area contributed by atoms with E-state index in [4.69, 9.17) is 0 Å². The molecule has 2 fully saturated rings. The number of nitrogens with one attached hydrogen (secondary N) is 1. The molecule has 0 atom stereocenters. The van der Waals surface area contributed by atoms with Crippen molar-refractivity contribution in [3.8, 4) is 0 Å². The molecule has 0 aromatic carbocycles. The number of rotatable bonds is 4. The molecule has 1 N–H and O–H groups in total. The van der Waals surface area contributed by atoms with Crippen molar-refractivity contribution in [3.05, 3.63) is 0 Å². The van der Waals surface area contributed by atoms with Gasteiger partial charge in [-0.05, 0) is 38.1 Å². The lowest BCUT2D eigenvalue weighted by Gasteiger charge is -2.42. The van der Waals surface area contributed by atoms with Gasteiger partial charge in [0.15, 0.2) is 0 Å². The molecule has 1 amide bonds. The topological polar surface area (TPSA) is 35.6 Å². The summed E-state index contributed by atoms with van der Waals surface area (Å²) in [5, 5.41) is 3.57. The lowest BCUT2D eigenvalue weighted by atomic mass is 9.85. The zero-order chi connectivity index (χ0) is 14.5. The summed E-state index contributed by atoms with van der Waals surface area (Å²) in [6.45, 7) is 11.3. The van der Waals surface area contributed by atoms with Gasteiger partial charge in [0.05, 0.1) is 0 Å². The van der Waals surface area contributed by atoms with E-state index in [1.807, 2.05) is 4.90 Å². The lowest BCUT2D eigenvalue weighted by Crippen LogP contribution is -2.52. The fraction of sp³-hybridized carbons (Fsp3) is 0.938. The summed E-state index contributed by atoms with van der Waals surface area (Å²) in [6.07, 6.45) is 5.39. The van der Waals surface area contributed by atoms with Crippen molar-refractivity contribution >= 4 is 5.91 Å². The molecule has 0 radical (unpaired) electrons. The van der Waals surface area contributed by atoms with Gasteiger partial charge in [0.1, 0.15) is 0 Å². The maximum absolute atomic E-state index is 11.4. The fourth-order valence-corrected chi connectivity index (χ4v) is 3.52. The van der Waals surface area contributed by atoms with Gasteiger partial charge in [-0.1, -0.05) is 13.8 Å². The largest absolute Gasteiger partial charge is 0.340 e. The van der Waals surface area contributed by atoms with E-state index < -0.39 is 0 Å². The fourth-order valence-electron chi connectivity index (χ4n) is 3.52. The van der Waals surface area contributed by atoms with Gasteiger partial charge < -0.3 is 10.2 Å². The molecule has 1 saturated heterocycles. The number of hydrogen-bond donors (Lipinski definition) is 1. The second-order valence-electron chi connectivity index (χ2n) is 6.78. The molecule has 1 aliphatic heterocycles. The van der Waals surface area contributed by atoms with Crippen LogP contribution in [-0.4, -0.2) is 60.5 Å². The lowest BCUT2D eigenvalue weighted by molar-refractivity contribution is -0.131. The zero-order valence-corrected chi connectivity index (χ0v) is 13.4. The summed E-state index contributed by atoms with van der Waals surface area (Å²) in [6, 6.07) is 1.37. The minimum atomic E-state index is 0.230. The van der Waals surface area contributed by atoms with Crippen LogP contribution < -0.4 is 5.32 Å². The molecule has 0 spiro atoms. The second-order valence-corrected chi connectivity index (χ2v) is 6.78. The van der Waals surface area contributed by atoms with Crippen molar-refractivity contribution in [2.75, 3.05) is 32.7 Å². The summed E-state index contributed by atoms with van der Waals surface area (Å²) < 4.78 is 0. The monoisotopic (exact) mass is 281 g/mol. The molecule has 2 aliphatic rings. The number of piperazine rings is 1. The first kappa shape index (κ1) is 15.8. The number of amides is 1. The van der Waals surface area contributed by atoms with Crippen LogP contribution in [0.4, 0.5) is 0 Å². The first-order valence-electron chi connectivity index (χ1n) is 8.29. The van der Waals surface area contributed by atoms with Crippen molar-refractivity contribution < 1.29 is 4.79 Å². The van der Waals surface area contributed by atoms with E-state index in [0.717, 1.165) is 38.1 Å². The second kappa shape index (κ2) is 7.41. The molecule has 0 unspecified atom stereocenters. The Labute approximate surface area is 123 Å². The van der Waals surface area contributed by atoms with Crippen molar-refractivity contribution in [2.45, 2.75) is 58.5 Å². The molecule has 4 heteroatoms. The third-order valence-electron chi connectivity index (χ3n) is 4.91. The number of hydrogen-bond acceptors (Lipinski definition) is 3. The van der Waals surface area contributed by atoms with Crippen LogP contribution in [0.5, 0.6) is 0 Å². The highest BCUT2D eigenvalue weighted by Crippen LogP contribution is 2.27. The molecule has 2 rings (SSSR count). The number of nitrogens with zero attached hydrogens (tertiary/aromatic N) is 2. The van der Waals surface area contributed by atoms with Crippen LogP contribution in [-0.2, 0) is 4.79 Å². The molecule has 0 aromatic rings. The van der Waals surface area contributed by atoms with E-state index in [1.165, 1.54) is 32.2 Å². The van der Waals surface area contributed by atoms with Gasteiger partial charge in [0, 0.05) is 45.2 Å². The Hall–Kier alpha value is -0.610. The normalized spacial score (nSPS) is 28.9. The first-order chi connectivity index (χ1) is 9.56. The van der Waals surface area contributed by atoms with E-state index >= 15 is 0 Å². The molecule has 1 heterocycles. The Morgan fingerprint density at radius 2 is 1.70 bits per heavy atom. The predicted octanol–water partition coefficient (Wildman–Crippen LogP) is 1.71. The van der Waals surface area contributed by atoms with Crippen LogP contribution in [0, 0.1) is 5.92 Å². The van der Waals surface area contributed by atoms with Crippen LogP contribution in [0.15, 0.2) is 0 Å². The highest BCUT2D eigenvalue weighted by molar-refractivity contribution is 5.73. The third kappa shape index (κ3) is 4.45. The van der Waals surface area contributed by atoms with Gasteiger partial charge in [-0.3, -0.25) is 9.69 Å². The number of carbonyl (C=O) groups is 1. The summed E-state index contributed by atoms with van der Waals surface area (Å²) in [5.41, 5.74) is 0. The maximum atomic E-state index is 11.4. The van der Waals surface area contributed by atoms with E-state index in [-0.39, 0.29) is 5.91 Å². The average Bonchev–Trinajstić information content (AvgIpc) is 2.46. The quantitative estimate of drug-likeness (QED) is 0.852. The van der Waals surface area contributed by atoms with Gasteiger partial charge in [-0.15, -0.1) is 0 Å². The maximum Gasteiger partial charge on any atom is 0.219 e. The Morgan fingerprint density at radius 3 is 2.20 bits per heavy atom. The summed E-state index contributed by atoms with van der Waals surface area (Å²) in [4.78, 5) is 15.9. The molecule has 1 saturated carbocycles. The van der Waals surface area contributed by atoms with Crippen LogP contribution in [0.2, 0.25) is 0 Å². The molecule has 0 aromatic heterocycles. The van der Waals surface area contributed by atoms with Crippen molar-refractivity contribution in [1.82, 2.24) is 15.1 Å². The molecule has 0 bridgehead atoms. The molecular formula is C16H31N3O. The van der Waals surface area contributed by atoms with Gasteiger partial charge in [-0.2, -0.15) is 0 Å². The van der Waals surface area contributed by atoms with Crippen LogP contribution >= 0.6 is 0 Å². The van der Waals surface area contributed by atoms with Gasteiger partial charge in [0.2, 0.25) is 5.91 Å². The molecular weight excluding hydrogens is 250 g/mol. The summed E-state index contributed by atoms with van der Waals surface area (Å²) in [7, 11) is 0. The van der Waals surface area contributed by atoms with Crippen molar-refractivity contribution in [1.29, 1.82) is 0 Å². The smallest absolute Gasteiger partial charge is 0.219 e. The van der Waals surface area contributed by atoms with Gasteiger partial charge in [0.25, 0.3) is 0 Å². The van der Waals surface area contributed by atoms with E-state index in [0.29, 0.717) is 6.04 Å². The molecule has 4 nitrogen and oxygen atoms in total. The summed E-state index contributed by atoms with van der Waals surface area (Å²) >= 11 is 0. The third-order valence-corrected chi connectivity index (χ3v) is 4.91. The minimum Gasteiger partial charge on any atom is -0.340 e. The Kier molecular flexibility index (Phi) is 5.85. The number of carbonyl (C=O) groups excluding carboxylic acids is 1. The molecule has 20 heavy (non-hydrogen) atoms. The standard InChI is InChI=1S/C16H31N3O/c1-13(2)17-12-15-4-6-16(7-5-15)19-10-8-18(9-11-19)14(3)20/h13,15-17H,4-12H2,1-3H3/t15-,16-. The first-order valence-corrected chi connectivity index (χ1v) is 8.29. The Morgan fingerprint density at radius 1 is 1.10 bits per heavy atom. The van der Waals surface area contributed by atoms with Gasteiger partial charge in [-0.25, -0.2) is 0 Å². The van der Waals surface area contributed by atoms with Crippen molar-refractivity contribution in [3.63, 3.8) is 0 Å². The molecule has 1 aliphatic carbocycles. The van der Waals surface area contributed by atoms with Crippen molar-refractivity contribution in [2.24, 2.45) is 5.92 Å². The van der Waals surface area contributed by atoms with E-state index in [9.17, 15) is 4.79 Å². The van der Waals surface area contributed by atoms with E-state index in [1.54, 1.807) is 6.92 Å². The Balaban J connectivity index is 1.68. The SMILES string of the molecule is CC(=O)N1CCN([C@H]2CC[C@H](CNC(C)C)CC2)CC1. The predicted molar refractivity (Wildman–Crippen MR) is 82.7 cm³/mol. The van der Waals surface area contributed by atoms with Crippen LogP contribution in [0.1, 0.15) is 46.5 Å². The van der Waals surface area contributed by atoms with Gasteiger partial charge >= 0.3 is 0 Å². The Bertz CT molecular complexity index is 303. The minimum absolute atomic E-state index is 0.230. The highest BCUT2D eigenvalue weighted by Gasteiger charge is 2.28. The van der Waals surface area contributed by atoms with Crippen LogP contribution in [0.3, 0.4) is 0 Å².